The Bertz CT molecular complexity index is 651. The Kier molecular flexibility index (Phi) is 3.28. The van der Waals surface area contributed by atoms with Crippen molar-refractivity contribution < 1.29 is 13.6 Å². The van der Waals surface area contributed by atoms with Crippen molar-refractivity contribution in [3.05, 3.63) is 53.2 Å². The van der Waals surface area contributed by atoms with Crippen LogP contribution >= 0.6 is 0 Å². The van der Waals surface area contributed by atoms with Gasteiger partial charge >= 0.3 is 0 Å². The van der Waals surface area contributed by atoms with Gasteiger partial charge in [-0.3, -0.25) is 4.79 Å². The Balaban J connectivity index is 1.93. The fourth-order valence-electron chi connectivity index (χ4n) is 2.53. The molecule has 1 aliphatic rings. The summed E-state index contributed by atoms with van der Waals surface area (Å²) >= 11 is 0. The molecule has 5 heteroatoms. The molecule has 20 heavy (non-hydrogen) atoms. The van der Waals surface area contributed by atoms with Crippen LogP contribution in [0.15, 0.2) is 34.9 Å². The highest BCUT2D eigenvalue weighted by molar-refractivity contribution is 6.06. The third-order valence-electron chi connectivity index (χ3n) is 3.51. The molecule has 4 nitrogen and oxygen atoms in total. The van der Waals surface area contributed by atoms with Crippen LogP contribution in [-0.4, -0.2) is 12.5 Å². The molecule has 1 amide bonds. The first-order valence-corrected chi connectivity index (χ1v) is 6.57. The van der Waals surface area contributed by atoms with Crippen molar-refractivity contribution in [2.45, 2.75) is 19.4 Å². The van der Waals surface area contributed by atoms with E-state index in [2.05, 4.69) is 0 Å². The van der Waals surface area contributed by atoms with Gasteiger partial charge in [-0.15, -0.1) is 0 Å². The Hall–Kier alpha value is -2.14. The van der Waals surface area contributed by atoms with Crippen molar-refractivity contribution in [1.82, 2.24) is 0 Å². The average Bonchev–Trinajstić information content (AvgIpc) is 2.94. The van der Waals surface area contributed by atoms with Gasteiger partial charge in [-0.1, -0.05) is 0 Å². The molecule has 1 aromatic heterocycles. The third-order valence-corrected chi connectivity index (χ3v) is 3.51. The molecular formula is C15H15FN2O2. The van der Waals surface area contributed by atoms with Crippen LogP contribution in [0.2, 0.25) is 0 Å². The van der Waals surface area contributed by atoms with E-state index >= 15 is 0 Å². The zero-order valence-corrected chi connectivity index (χ0v) is 10.9. The predicted octanol–water partition coefficient (Wildman–Crippen LogP) is 2.47. The molecule has 2 aromatic rings. The fraction of sp³-hybridized carbons (Fsp3) is 0.267. The monoisotopic (exact) mass is 274 g/mol. The van der Waals surface area contributed by atoms with Gasteiger partial charge in [-0.25, -0.2) is 4.39 Å². The lowest BCUT2D eigenvalue weighted by molar-refractivity contribution is 0.0984. The van der Waals surface area contributed by atoms with Gasteiger partial charge in [-0.05, 0) is 42.7 Å². The van der Waals surface area contributed by atoms with E-state index < -0.39 is 0 Å². The molecule has 0 spiro atoms. The van der Waals surface area contributed by atoms with Crippen molar-refractivity contribution in [3.8, 4) is 0 Å². The summed E-state index contributed by atoms with van der Waals surface area (Å²) in [5.74, 6) is 0.164. The second-order valence-electron chi connectivity index (χ2n) is 4.84. The van der Waals surface area contributed by atoms with Gasteiger partial charge in [-0.2, -0.15) is 0 Å². The van der Waals surface area contributed by atoms with Gasteiger partial charge in [0.05, 0.1) is 12.1 Å². The van der Waals surface area contributed by atoms with Gasteiger partial charge in [0.2, 0.25) is 0 Å². The highest BCUT2D eigenvalue weighted by Crippen LogP contribution is 2.29. The Morgan fingerprint density at radius 1 is 1.40 bits per heavy atom. The summed E-state index contributed by atoms with van der Waals surface area (Å²) in [7, 11) is 0. The highest BCUT2D eigenvalue weighted by atomic mass is 19.1. The summed E-state index contributed by atoms with van der Waals surface area (Å²) in [6, 6.07) is 6.19. The number of nitrogens with two attached hydrogens (primary N) is 1. The zero-order chi connectivity index (χ0) is 14.1. The van der Waals surface area contributed by atoms with E-state index in [1.165, 1.54) is 18.4 Å². The summed E-state index contributed by atoms with van der Waals surface area (Å²) in [5.41, 5.74) is 7.59. The number of hydrogen-bond donors (Lipinski definition) is 1. The Morgan fingerprint density at radius 3 is 3.00 bits per heavy atom. The predicted molar refractivity (Wildman–Crippen MR) is 73.0 cm³/mol. The molecule has 3 rings (SSSR count). The minimum atomic E-state index is -0.272. The number of halogens is 1. The van der Waals surface area contributed by atoms with Gasteiger partial charge in [0.25, 0.3) is 5.91 Å². The number of amides is 1. The number of anilines is 1. The molecule has 2 heterocycles. The molecule has 0 atom stereocenters. The number of aryl methyl sites for hydroxylation is 1. The molecule has 0 saturated carbocycles. The second kappa shape index (κ2) is 5.09. The van der Waals surface area contributed by atoms with Crippen LogP contribution in [0.1, 0.15) is 28.1 Å². The normalized spacial score (nSPS) is 14.2. The number of benzene rings is 1. The number of nitrogens with zero attached hydrogens (tertiary/aromatic N) is 1. The Labute approximate surface area is 116 Å². The fourth-order valence-corrected chi connectivity index (χ4v) is 2.53. The first-order chi connectivity index (χ1) is 9.69. The molecular weight excluding hydrogens is 259 g/mol. The molecule has 0 unspecified atom stereocenters. The molecule has 104 valence electrons. The molecule has 1 aliphatic heterocycles. The maximum Gasteiger partial charge on any atom is 0.261 e. The van der Waals surface area contributed by atoms with E-state index in [0.717, 1.165) is 24.1 Å². The summed E-state index contributed by atoms with van der Waals surface area (Å²) in [4.78, 5) is 14.2. The summed E-state index contributed by atoms with van der Waals surface area (Å²) in [6.07, 6.45) is 3.03. The minimum absolute atomic E-state index is 0.138. The van der Waals surface area contributed by atoms with Crippen LogP contribution in [0, 0.1) is 5.82 Å². The zero-order valence-electron chi connectivity index (χ0n) is 10.9. The molecule has 2 N–H and O–H groups in total. The van der Waals surface area contributed by atoms with Crippen LogP contribution in [0.25, 0.3) is 0 Å². The van der Waals surface area contributed by atoms with E-state index in [1.54, 1.807) is 17.0 Å². The molecule has 0 fully saturated rings. The number of furan rings is 1. The van der Waals surface area contributed by atoms with Crippen LogP contribution in [-0.2, 0) is 13.0 Å². The van der Waals surface area contributed by atoms with Crippen molar-refractivity contribution in [2.75, 3.05) is 11.4 Å². The maximum absolute atomic E-state index is 13.3. The van der Waals surface area contributed by atoms with Crippen LogP contribution in [0.3, 0.4) is 0 Å². The third kappa shape index (κ3) is 2.20. The lowest BCUT2D eigenvalue weighted by Crippen LogP contribution is -2.35. The molecule has 0 radical (unpaired) electrons. The Morgan fingerprint density at radius 2 is 2.25 bits per heavy atom. The van der Waals surface area contributed by atoms with E-state index in [0.29, 0.717) is 17.9 Å². The largest absolute Gasteiger partial charge is 0.467 e. The van der Waals surface area contributed by atoms with Crippen molar-refractivity contribution in [1.29, 1.82) is 0 Å². The number of carbonyl (C=O) groups excluding carboxylic acids is 1. The first kappa shape index (κ1) is 12.9. The molecule has 0 bridgehead atoms. The van der Waals surface area contributed by atoms with Gasteiger partial charge in [0, 0.05) is 12.2 Å². The van der Waals surface area contributed by atoms with Gasteiger partial charge in [0.15, 0.2) is 0 Å². The quantitative estimate of drug-likeness (QED) is 0.915. The highest BCUT2D eigenvalue weighted by Gasteiger charge is 2.24. The number of fused-ring (bicyclic) bond motifs is 1. The maximum atomic E-state index is 13.3. The number of rotatable bonds is 2. The molecule has 1 aromatic carbocycles. The van der Waals surface area contributed by atoms with E-state index in [9.17, 15) is 9.18 Å². The molecule has 0 saturated heterocycles. The van der Waals surface area contributed by atoms with Crippen LogP contribution in [0.5, 0.6) is 0 Å². The van der Waals surface area contributed by atoms with Gasteiger partial charge in [0.1, 0.15) is 17.8 Å². The first-order valence-electron chi connectivity index (χ1n) is 6.57. The SMILES string of the molecule is NCc1cc(C(=O)N2CCCc3cc(F)ccc32)co1. The van der Waals surface area contributed by atoms with Crippen molar-refractivity contribution >= 4 is 11.6 Å². The van der Waals surface area contributed by atoms with E-state index in [4.69, 9.17) is 10.2 Å². The average molecular weight is 274 g/mol. The lowest BCUT2D eigenvalue weighted by Gasteiger charge is -2.29. The standard InChI is InChI=1S/C15H15FN2O2/c16-12-3-4-14-10(6-12)2-1-5-18(14)15(19)11-7-13(8-17)20-9-11/h3-4,6-7,9H,1-2,5,8,17H2. The van der Waals surface area contributed by atoms with Gasteiger partial charge < -0.3 is 15.1 Å². The number of hydrogen-bond acceptors (Lipinski definition) is 3. The van der Waals surface area contributed by atoms with Crippen LogP contribution < -0.4 is 10.6 Å². The second-order valence-corrected chi connectivity index (χ2v) is 4.84. The topological polar surface area (TPSA) is 59.5 Å². The van der Waals surface area contributed by atoms with E-state index in [-0.39, 0.29) is 18.3 Å². The van der Waals surface area contributed by atoms with Crippen LogP contribution in [0.4, 0.5) is 10.1 Å². The summed E-state index contributed by atoms with van der Waals surface area (Å²) < 4.78 is 18.5. The van der Waals surface area contributed by atoms with E-state index in [1.807, 2.05) is 0 Å². The summed E-state index contributed by atoms with van der Waals surface area (Å²) in [6.45, 7) is 0.885. The summed E-state index contributed by atoms with van der Waals surface area (Å²) in [5, 5.41) is 0. The number of carbonyl (C=O) groups is 1. The van der Waals surface area contributed by atoms with Crippen molar-refractivity contribution in [3.63, 3.8) is 0 Å². The van der Waals surface area contributed by atoms with Crippen molar-refractivity contribution in [2.24, 2.45) is 5.73 Å². The minimum Gasteiger partial charge on any atom is -0.467 e. The lowest BCUT2D eigenvalue weighted by atomic mass is 10.0. The smallest absolute Gasteiger partial charge is 0.261 e. The molecule has 0 aliphatic carbocycles.